The maximum atomic E-state index is 15.0. The van der Waals surface area contributed by atoms with Crippen molar-refractivity contribution in [2.24, 2.45) is 5.73 Å². The summed E-state index contributed by atoms with van der Waals surface area (Å²) in [7, 11) is 3.50. The van der Waals surface area contributed by atoms with E-state index >= 15 is 4.79 Å². The van der Waals surface area contributed by atoms with E-state index in [-0.39, 0.29) is 43.9 Å². The largest absolute Gasteiger partial charge is 0.504 e. The van der Waals surface area contributed by atoms with Gasteiger partial charge in [0.05, 0.1) is 30.1 Å². The number of aromatic amines is 1. The lowest BCUT2D eigenvalue weighted by Crippen LogP contribution is -2.70. The molecule has 56 heavy (non-hydrogen) atoms. The minimum absolute atomic E-state index is 0.0241. The number of likely N-dealkylation sites (N-methyl/N-ethyl adjacent to an activating group) is 1. The first-order valence-electron chi connectivity index (χ1n) is 19.0. The SMILES string of the molecule is COc1c(C)cc2c(c1O)[C@@H]1C3[C@@H]4SC[C@]5(N[C@H](CN)Cc6c5[nH]c5ccccc65)C(=O)OC[C@@H](c5c6c(c(C)c(OC(C)=O)c54)OCO6)N3C(O)(C2)CN1C. The third-order valence-corrected chi connectivity index (χ3v) is 14.3. The zero-order valence-corrected chi connectivity index (χ0v) is 32.7. The summed E-state index contributed by atoms with van der Waals surface area (Å²) in [6.45, 7) is 5.39. The highest BCUT2D eigenvalue weighted by molar-refractivity contribution is 7.99. The average molecular weight is 784 g/mol. The molecule has 8 aliphatic heterocycles. The molecule has 3 aromatic carbocycles. The minimum atomic E-state index is -1.50. The molecule has 294 valence electrons. The van der Waals surface area contributed by atoms with E-state index in [4.69, 9.17) is 29.4 Å². The van der Waals surface area contributed by atoms with Gasteiger partial charge in [0.1, 0.15) is 18.1 Å². The van der Waals surface area contributed by atoms with Gasteiger partial charge in [0.15, 0.2) is 28.5 Å². The third-order valence-electron chi connectivity index (χ3n) is 12.9. The summed E-state index contributed by atoms with van der Waals surface area (Å²) >= 11 is 1.52. The molecule has 0 aliphatic carbocycles. The quantitative estimate of drug-likeness (QED) is 0.151. The van der Waals surface area contributed by atoms with Crippen LogP contribution in [0.25, 0.3) is 10.9 Å². The summed E-state index contributed by atoms with van der Waals surface area (Å²) in [6, 6.07) is 7.94. The fourth-order valence-electron chi connectivity index (χ4n) is 10.8. The predicted octanol–water partition coefficient (Wildman–Crippen LogP) is 3.51. The normalized spacial score (nSPS) is 31.3. The van der Waals surface area contributed by atoms with Crippen LogP contribution in [0.4, 0.5) is 0 Å². The van der Waals surface area contributed by atoms with E-state index in [1.54, 1.807) is 7.11 Å². The topological polar surface area (TPSA) is 181 Å². The number of aliphatic hydroxyl groups is 1. The summed E-state index contributed by atoms with van der Waals surface area (Å²) in [5, 5.41) is 29.4. The molecule has 8 aliphatic rings. The predicted molar refractivity (Wildman–Crippen MR) is 206 cm³/mol. The number of methoxy groups -OCH3 is 1. The first-order chi connectivity index (χ1) is 26.9. The number of aromatic nitrogens is 1. The number of benzene rings is 3. The number of para-hydroxylation sites is 1. The van der Waals surface area contributed by atoms with Crippen molar-refractivity contribution in [3.63, 3.8) is 0 Å². The number of thioether (sulfide) groups is 1. The van der Waals surface area contributed by atoms with Gasteiger partial charge in [0.2, 0.25) is 6.79 Å². The lowest BCUT2D eigenvalue weighted by molar-refractivity contribution is -0.215. The number of nitrogens with zero attached hydrogens (tertiary/aromatic N) is 2. The Hall–Kier alpha value is -4.51. The maximum absolute atomic E-state index is 15.0. The van der Waals surface area contributed by atoms with E-state index in [9.17, 15) is 15.0 Å². The van der Waals surface area contributed by atoms with Crippen LogP contribution < -0.4 is 30.0 Å². The molecule has 4 bridgehead atoms. The van der Waals surface area contributed by atoms with Gasteiger partial charge in [0, 0.05) is 77.4 Å². The Balaban J connectivity index is 1.26. The van der Waals surface area contributed by atoms with Gasteiger partial charge in [-0.3, -0.25) is 19.9 Å². The van der Waals surface area contributed by atoms with Crippen LogP contribution in [-0.2, 0) is 32.7 Å². The second-order valence-electron chi connectivity index (χ2n) is 16.1. The average Bonchev–Trinajstić information content (AvgIpc) is 3.76. The van der Waals surface area contributed by atoms with Crippen LogP contribution in [0, 0.1) is 13.8 Å². The lowest BCUT2D eigenvalue weighted by atomic mass is 9.78. The summed E-state index contributed by atoms with van der Waals surface area (Å²) in [5.41, 5.74) is 10.4. The fraction of sp³-hybridized carbons (Fsp3) is 0.463. The highest BCUT2D eigenvalue weighted by Gasteiger charge is 2.64. The van der Waals surface area contributed by atoms with E-state index in [0.717, 1.165) is 33.3 Å². The first kappa shape index (κ1) is 35.9. The fourth-order valence-corrected chi connectivity index (χ4v) is 12.5. The van der Waals surface area contributed by atoms with E-state index in [2.05, 4.69) is 26.2 Å². The number of ether oxygens (including phenoxy) is 5. The number of nitrogens with one attached hydrogen (secondary N) is 2. The maximum Gasteiger partial charge on any atom is 0.333 e. The highest BCUT2D eigenvalue weighted by atomic mass is 32.2. The Morgan fingerprint density at radius 3 is 2.68 bits per heavy atom. The Bertz CT molecular complexity index is 2370. The molecule has 0 amide bonds. The molecule has 3 unspecified atom stereocenters. The number of piperazine rings is 1. The Kier molecular flexibility index (Phi) is 8.00. The van der Waals surface area contributed by atoms with Crippen molar-refractivity contribution in [3.8, 4) is 28.7 Å². The zero-order valence-electron chi connectivity index (χ0n) is 31.9. The number of esters is 2. The van der Waals surface area contributed by atoms with Crippen molar-refractivity contribution < 1.29 is 43.5 Å². The number of rotatable bonds is 3. The lowest BCUT2D eigenvalue weighted by Gasteiger charge is -2.60. The highest BCUT2D eigenvalue weighted by Crippen LogP contribution is 2.65. The monoisotopic (exact) mass is 783 g/mol. The minimum Gasteiger partial charge on any atom is -0.504 e. The number of hydrogen-bond donors (Lipinski definition) is 5. The number of carbonyl (C=O) groups is 2. The molecule has 12 rings (SSSR count). The molecular weight excluding hydrogens is 739 g/mol. The molecule has 2 saturated heterocycles. The van der Waals surface area contributed by atoms with Crippen molar-refractivity contribution in [2.45, 2.75) is 74.3 Å². The molecule has 0 saturated carbocycles. The molecule has 1 spiro atoms. The molecule has 2 fully saturated rings. The second kappa shape index (κ2) is 12.5. The van der Waals surface area contributed by atoms with Gasteiger partial charge in [-0.2, -0.15) is 0 Å². The molecule has 15 heteroatoms. The van der Waals surface area contributed by atoms with Gasteiger partial charge >= 0.3 is 11.9 Å². The van der Waals surface area contributed by atoms with Gasteiger partial charge in [-0.15, -0.1) is 11.8 Å². The number of fused-ring (bicyclic) bond motifs is 8. The standard InChI is InChI=1S/C41H45N5O9S/c1-18-10-21-12-40(50)15-45(4)30(27(21)32(48)33(18)51-5)31-37-29-28(36-35(53-17-54-36)19(2)34(29)55-20(3)47)26(46(31)40)14-52-39(49)41(16-56-37)38-24(11-22(13-42)44-41)23-8-6-7-9-25(23)43-38/h6-10,22,26,30-31,37,43-44,48,50H,11-17,42H2,1-5H3/t22-,26-,30+,31?,37+,40?,41+/m0/s1. The van der Waals surface area contributed by atoms with Crippen LogP contribution >= 0.6 is 11.8 Å². The molecule has 4 aromatic rings. The number of aryl methyl sites for hydroxylation is 1. The van der Waals surface area contributed by atoms with Crippen molar-refractivity contribution in [2.75, 3.05) is 46.4 Å². The van der Waals surface area contributed by atoms with Crippen LogP contribution in [-0.4, -0.2) is 101 Å². The van der Waals surface area contributed by atoms with Gasteiger partial charge in [-0.1, -0.05) is 24.3 Å². The van der Waals surface area contributed by atoms with Crippen molar-refractivity contribution in [1.82, 2.24) is 20.1 Å². The van der Waals surface area contributed by atoms with Crippen LogP contribution in [0.3, 0.4) is 0 Å². The van der Waals surface area contributed by atoms with Gasteiger partial charge < -0.3 is 44.6 Å². The van der Waals surface area contributed by atoms with Crippen LogP contribution in [0.2, 0.25) is 0 Å². The summed E-state index contributed by atoms with van der Waals surface area (Å²) in [6.07, 6.45) is 0.802. The van der Waals surface area contributed by atoms with Gasteiger partial charge in [0.25, 0.3) is 0 Å². The first-order valence-corrected chi connectivity index (χ1v) is 20.1. The van der Waals surface area contributed by atoms with Crippen molar-refractivity contribution in [1.29, 1.82) is 0 Å². The van der Waals surface area contributed by atoms with Crippen molar-refractivity contribution >= 4 is 34.6 Å². The van der Waals surface area contributed by atoms with Gasteiger partial charge in [-0.25, -0.2) is 4.79 Å². The molecule has 8 atom stereocenters. The van der Waals surface area contributed by atoms with E-state index in [1.165, 1.54) is 18.7 Å². The van der Waals surface area contributed by atoms with Crippen molar-refractivity contribution in [3.05, 3.63) is 75.0 Å². The van der Waals surface area contributed by atoms with Crippen LogP contribution in [0.1, 0.15) is 68.9 Å². The number of phenols is 1. The summed E-state index contributed by atoms with van der Waals surface area (Å²) in [4.78, 5) is 35.8. The number of H-pyrrole nitrogens is 1. The van der Waals surface area contributed by atoms with Crippen LogP contribution in [0.5, 0.6) is 28.7 Å². The number of phenolic OH excluding ortho intramolecular Hbond substituents is 1. The van der Waals surface area contributed by atoms with E-state index in [0.29, 0.717) is 58.2 Å². The van der Waals surface area contributed by atoms with E-state index in [1.807, 2.05) is 45.2 Å². The smallest absolute Gasteiger partial charge is 0.333 e. The third kappa shape index (κ3) is 4.75. The summed E-state index contributed by atoms with van der Waals surface area (Å²) in [5.74, 6) is 0.875. The molecular formula is C41H45N5O9S. The Morgan fingerprint density at radius 1 is 1.12 bits per heavy atom. The number of nitrogens with two attached hydrogens (primary N) is 1. The molecule has 9 heterocycles. The number of carbonyl (C=O) groups excluding carboxylic acids is 2. The summed E-state index contributed by atoms with van der Waals surface area (Å²) < 4.78 is 30.8. The number of aromatic hydroxyl groups is 1. The van der Waals surface area contributed by atoms with E-state index < -0.39 is 46.6 Å². The molecule has 14 nitrogen and oxygen atoms in total. The molecule has 0 radical (unpaired) electrons. The zero-order chi connectivity index (χ0) is 39.0. The molecule has 6 N–H and O–H groups in total. The van der Waals surface area contributed by atoms with Gasteiger partial charge in [-0.05, 0) is 50.1 Å². The number of hydrogen-bond acceptors (Lipinski definition) is 14. The Morgan fingerprint density at radius 2 is 1.91 bits per heavy atom. The second-order valence-corrected chi connectivity index (χ2v) is 17.2. The van der Waals surface area contributed by atoms with Crippen LogP contribution in [0.15, 0.2) is 30.3 Å². The molecule has 1 aromatic heterocycles. The Labute approximate surface area is 327 Å².